The van der Waals surface area contributed by atoms with E-state index in [1.165, 1.54) is 0 Å². The number of benzene rings is 3. The Labute approximate surface area is 190 Å². The van der Waals surface area contributed by atoms with Gasteiger partial charge in [0.15, 0.2) is 0 Å². The largest absolute Gasteiger partial charge is 0.497 e. The van der Waals surface area contributed by atoms with Crippen molar-refractivity contribution in [3.8, 4) is 28.3 Å². The Hall–Kier alpha value is -3.37. The van der Waals surface area contributed by atoms with Crippen LogP contribution in [0.5, 0.6) is 5.75 Å². The van der Waals surface area contributed by atoms with Gasteiger partial charge in [0.1, 0.15) is 11.6 Å². The summed E-state index contributed by atoms with van der Waals surface area (Å²) in [4.78, 5) is 8.52. The van der Waals surface area contributed by atoms with Crippen LogP contribution in [-0.2, 0) is 17.8 Å². The van der Waals surface area contributed by atoms with Gasteiger partial charge in [-0.15, -0.1) is 0 Å². The number of aromatic amines is 1. The molecule has 0 aliphatic carbocycles. The fourth-order valence-corrected chi connectivity index (χ4v) is 3.78. The van der Waals surface area contributed by atoms with E-state index in [1.54, 1.807) is 7.11 Å². The van der Waals surface area contributed by atoms with E-state index in [9.17, 15) is 0 Å². The highest BCUT2D eigenvalue weighted by molar-refractivity contribution is 5.78. The minimum absolute atomic E-state index is 0.621. The molecule has 4 rings (SSSR count). The molecule has 32 heavy (non-hydrogen) atoms. The third kappa shape index (κ3) is 5.86. The molecule has 0 bridgehead atoms. The summed E-state index contributed by atoms with van der Waals surface area (Å²) in [7, 11) is 1.69. The minimum atomic E-state index is 0.621. The van der Waals surface area contributed by atoms with Crippen LogP contribution in [0.3, 0.4) is 0 Å². The highest BCUT2D eigenvalue weighted by Crippen LogP contribution is 2.30. The standard InChI is InChI=1S/C28H30N2O2/c1-31-25-17-11-12-22(20-25)21-32-19-10-4-9-18-26-29-27(23-13-5-2-6-14-23)28(30-26)24-15-7-3-8-16-24/h2-3,5-8,11-17,20H,4,9-10,18-19,21H2,1H3,(H,29,30). The van der Waals surface area contributed by atoms with Gasteiger partial charge in [-0.2, -0.15) is 0 Å². The molecule has 3 aromatic carbocycles. The second kappa shape index (κ2) is 11.3. The lowest BCUT2D eigenvalue weighted by Crippen LogP contribution is -1.97. The van der Waals surface area contributed by atoms with Gasteiger partial charge in [-0.3, -0.25) is 0 Å². The second-order valence-electron chi connectivity index (χ2n) is 7.85. The molecule has 0 aliphatic heterocycles. The van der Waals surface area contributed by atoms with Gasteiger partial charge in [-0.1, -0.05) is 79.2 Å². The number of H-pyrrole nitrogens is 1. The van der Waals surface area contributed by atoms with Crippen molar-refractivity contribution in [3.05, 3.63) is 96.3 Å². The zero-order valence-corrected chi connectivity index (χ0v) is 18.6. The summed E-state index contributed by atoms with van der Waals surface area (Å²) in [5, 5.41) is 0. The summed E-state index contributed by atoms with van der Waals surface area (Å²) in [6.45, 7) is 1.39. The molecule has 0 saturated heterocycles. The third-order valence-electron chi connectivity index (χ3n) is 5.47. The molecule has 0 atom stereocenters. The molecule has 1 aromatic heterocycles. The highest BCUT2D eigenvalue weighted by Gasteiger charge is 2.13. The number of aromatic nitrogens is 2. The maximum absolute atomic E-state index is 5.83. The van der Waals surface area contributed by atoms with Gasteiger partial charge in [-0.25, -0.2) is 4.98 Å². The topological polar surface area (TPSA) is 47.1 Å². The minimum Gasteiger partial charge on any atom is -0.497 e. The van der Waals surface area contributed by atoms with Crippen LogP contribution in [-0.4, -0.2) is 23.7 Å². The van der Waals surface area contributed by atoms with Crippen molar-refractivity contribution >= 4 is 0 Å². The number of ether oxygens (including phenoxy) is 2. The van der Waals surface area contributed by atoms with Crippen LogP contribution in [0.4, 0.5) is 0 Å². The molecule has 1 N–H and O–H groups in total. The van der Waals surface area contributed by atoms with Crippen molar-refractivity contribution in [1.29, 1.82) is 0 Å². The average Bonchev–Trinajstić information content (AvgIpc) is 3.29. The quantitative estimate of drug-likeness (QED) is 0.272. The first-order valence-electron chi connectivity index (χ1n) is 11.2. The van der Waals surface area contributed by atoms with Crippen molar-refractivity contribution in [2.75, 3.05) is 13.7 Å². The van der Waals surface area contributed by atoms with E-state index >= 15 is 0 Å². The van der Waals surface area contributed by atoms with Crippen LogP contribution in [0.2, 0.25) is 0 Å². The molecule has 0 unspecified atom stereocenters. The van der Waals surface area contributed by atoms with Gasteiger partial charge in [-0.05, 0) is 30.5 Å². The van der Waals surface area contributed by atoms with Gasteiger partial charge < -0.3 is 14.5 Å². The Morgan fingerprint density at radius 3 is 2.28 bits per heavy atom. The van der Waals surface area contributed by atoms with Crippen LogP contribution in [0.1, 0.15) is 30.7 Å². The molecule has 164 valence electrons. The van der Waals surface area contributed by atoms with Gasteiger partial charge >= 0.3 is 0 Å². The fraction of sp³-hybridized carbons (Fsp3) is 0.250. The normalized spacial score (nSPS) is 10.9. The Morgan fingerprint density at radius 1 is 0.781 bits per heavy atom. The number of nitrogens with zero attached hydrogens (tertiary/aromatic N) is 1. The average molecular weight is 427 g/mol. The van der Waals surface area contributed by atoms with Crippen molar-refractivity contribution in [3.63, 3.8) is 0 Å². The molecule has 4 aromatic rings. The first-order valence-corrected chi connectivity index (χ1v) is 11.2. The van der Waals surface area contributed by atoms with Crippen LogP contribution >= 0.6 is 0 Å². The molecule has 4 nitrogen and oxygen atoms in total. The summed E-state index contributed by atoms with van der Waals surface area (Å²) in [5.41, 5.74) is 5.56. The predicted octanol–water partition coefficient (Wildman–Crippen LogP) is 6.68. The molecule has 0 fully saturated rings. The molecular weight excluding hydrogens is 396 g/mol. The zero-order valence-electron chi connectivity index (χ0n) is 18.6. The van der Waals surface area contributed by atoms with Crippen molar-refractivity contribution in [2.24, 2.45) is 0 Å². The molecule has 0 radical (unpaired) electrons. The lowest BCUT2D eigenvalue weighted by Gasteiger charge is -2.06. The molecule has 1 heterocycles. The molecule has 4 heteroatoms. The highest BCUT2D eigenvalue weighted by atomic mass is 16.5. The number of hydrogen-bond acceptors (Lipinski definition) is 3. The summed E-state index contributed by atoms with van der Waals surface area (Å²) < 4.78 is 11.1. The lowest BCUT2D eigenvalue weighted by molar-refractivity contribution is 0.116. The first kappa shape index (κ1) is 21.8. The third-order valence-corrected chi connectivity index (χ3v) is 5.47. The predicted molar refractivity (Wildman–Crippen MR) is 130 cm³/mol. The fourth-order valence-electron chi connectivity index (χ4n) is 3.78. The Balaban J connectivity index is 1.28. The van der Waals surface area contributed by atoms with Crippen LogP contribution in [0, 0.1) is 0 Å². The lowest BCUT2D eigenvalue weighted by atomic mass is 10.1. The molecular formula is C28H30N2O2. The van der Waals surface area contributed by atoms with E-state index in [0.717, 1.165) is 71.9 Å². The van der Waals surface area contributed by atoms with Gasteiger partial charge in [0.2, 0.25) is 0 Å². The van der Waals surface area contributed by atoms with E-state index in [4.69, 9.17) is 14.5 Å². The van der Waals surface area contributed by atoms with Crippen LogP contribution in [0.25, 0.3) is 22.5 Å². The monoisotopic (exact) mass is 426 g/mol. The maximum Gasteiger partial charge on any atom is 0.119 e. The number of unbranched alkanes of at least 4 members (excludes halogenated alkanes) is 2. The van der Waals surface area contributed by atoms with E-state index in [0.29, 0.717) is 6.61 Å². The number of hydrogen-bond donors (Lipinski definition) is 1. The Bertz CT molecular complexity index is 1030. The summed E-state index contributed by atoms with van der Waals surface area (Å²) in [6, 6.07) is 28.8. The Kier molecular flexibility index (Phi) is 7.72. The van der Waals surface area contributed by atoms with Gasteiger partial charge in [0.25, 0.3) is 0 Å². The first-order chi connectivity index (χ1) is 15.8. The number of methoxy groups -OCH3 is 1. The van der Waals surface area contributed by atoms with Crippen LogP contribution < -0.4 is 4.74 Å². The number of nitrogens with one attached hydrogen (secondary N) is 1. The van der Waals surface area contributed by atoms with Crippen LogP contribution in [0.15, 0.2) is 84.9 Å². The molecule has 0 aliphatic rings. The van der Waals surface area contributed by atoms with E-state index in [-0.39, 0.29) is 0 Å². The summed E-state index contributed by atoms with van der Waals surface area (Å²) in [5.74, 6) is 1.91. The maximum atomic E-state index is 5.83. The SMILES string of the molecule is COc1cccc(COCCCCCc2nc(-c3ccccc3)c(-c3ccccc3)[nH]2)c1. The van der Waals surface area contributed by atoms with Crippen molar-refractivity contribution in [1.82, 2.24) is 9.97 Å². The summed E-state index contributed by atoms with van der Waals surface area (Å²) >= 11 is 0. The number of imidazole rings is 1. The molecule has 0 amide bonds. The van der Waals surface area contributed by atoms with E-state index < -0.39 is 0 Å². The van der Waals surface area contributed by atoms with Gasteiger partial charge in [0, 0.05) is 24.2 Å². The number of aryl methyl sites for hydroxylation is 1. The second-order valence-corrected chi connectivity index (χ2v) is 7.85. The van der Waals surface area contributed by atoms with E-state index in [1.807, 2.05) is 30.3 Å². The van der Waals surface area contributed by atoms with Crippen molar-refractivity contribution in [2.45, 2.75) is 32.3 Å². The Morgan fingerprint density at radius 2 is 1.53 bits per heavy atom. The smallest absolute Gasteiger partial charge is 0.119 e. The van der Waals surface area contributed by atoms with Crippen molar-refractivity contribution < 1.29 is 9.47 Å². The molecule has 0 saturated carbocycles. The van der Waals surface area contributed by atoms with Gasteiger partial charge in [0.05, 0.1) is 25.1 Å². The molecule has 0 spiro atoms. The summed E-state index contributed by atoms with van der Waals surface area (Å²) in [6.07, 6.45) is 4.17. The zero-order chi connectivity index (χ0) is 22.0. The number of rotatable bonds is 11. The van der Waals surface area contributed by atoms with E-state index in [2.05, 4.69) is 59.6 Å².